The van der Waals surface area contributed by atoms with E-state index in [1.54, 1.807) is 13.1 Å². The lowest BCUT2D eigenvalue weighted by atomic mass is 10.3. The third-order valence-electron chi connectivity index (χ3n) is 1.86. The van der Waals surface area contributed by atoms with Crippen molar-refractivity contribution in [2.24, 2.45) is 0 Å². The molecule has 82 valence electrons. The molecule has 0 saturated carbocycles. The van der Waals surface area contributed by atoms with Crippen molar-refractivity contribution in [2.45, 2.75) is 20.3 Å². The number of rotatable bonds is 5. The molecule has 0 radical (unpaired) electrons. The molecule has 1 rings (SSSR count). The summed E-state index contributed by atoms with van der Waals surface area (Å²) in [5.41, 5.74) is 1.14. The van der Waals surface area contributed by atoms with E-state index < -0.39 is 0 Å². The normalized spacial score (nSPS) is 9.73. The fourth-order valence-electron chi connectivity index (χ4n) is 1.16. The number of anilines is 1. The summed E-state index contributed by atoms with van der Waals surface area (Å²) in [6.45, 7) is 4.78. The predicted octanol–water partition coefficient (Wildman–Crippen LogP) is 1.76. The van der Waals surface area contributed by atoms with Crippen molar-refractivity contribution < 1.29 is 9.53 Å². The molecule has 1 heterocycles. The van der Waals surface area contributed by atoms with Crippen LogP contribution in [0.25, 0.3) is 0 Å². The summed E-state index contributed by atoms with van der Waals surface area (Å²) in [6, 6.07) is 3.86. The Morgan fingerprint density at radius 2 is 2.40 bits per heavy atom. The number of carbonyl (C=O) groups excluding carboxylic acids is 1. The van der Waals surface area contributed by atoms with Crippen molar-refractivity contribution >= 4 is 11.8 Å². The van der Waals surface area contributed by atoms with E-state index in [2.05, 4.69) is 10.3 Å². The Kier molecular flexibility index (Phi) is 4.60. The molecule has 0 atom stereocenters. The van der Waals surface area contributed by atoms with E-state index in [4.69, 9.17) is 4.74 Å². The summed E-state index contributed by atoms with van der Waals surface area (Å²) in [7, 11) is 0. The smallest absolute Gasteiger partial charge is 0.307 e. The van der Waals surface area contributed by atoms with Gasteiger partial charge in [0.25, 0.3) is 0 Å². The number of nitrogens with zero attached hydrogens (tertiary/aromatic N) is 1. The van der Waals surface area contributed by atoms with Gasteiger partial charge in [-0.15, -0.1) is 0 Å². The van der Waals surface area contributed by atoms with Crippen molar-refractivity contribution in [2.75, 3.05) is 18.5 Å². The predicted molar refractivity (Wildman–Crippen MR) is 58.7 cm³/mol. The van der Waals surface area contributed by atoms with Crippen LogP contribution in [0.1, 0.15) is 18.9 Å². The van der Waals surface area contributed by atoms with Crippen LogP contribution in [0.5, 0.6) is 0 Å². The van der Waals surface area contributed by atoms with Gasteiger partial charge in [-0.2, -0.15) is 0 Å². The number of ether oxygens (including phenoxy) is 1. The maximum Gasteiger partial charge on any atom is 0.307 e. The minimum Gasteiger partial charge on any atom is -0.466 e. The van der Waals surface area contributed by atoms with Crippen LogP contribution in [-0.2, 0) is 9.53 Å². The van der Waals surface area contributed by atoms with Gasteiger partial charge < -0.3 is 10.1 Å². The van der Waals surface area contributed by atoms with Gasteiger partial charge >= 0.3 is 5.97 Å². The summed E-state index contributed by atoms with van der Waals surface area (Å²) in [5.74, 6) is 0.608. The molecule has 0 saturated heterocycles. The van der Waals surface area contributed by atoms with Gasteiger partial charge in [0.05, 0.1) is 13.0 Å². The highest BCUT2D eigenvalue weighted by atomic mass is 16.5. The summed E-state index contributed by atoms with van der Waals surface area (Å²) in [6.07, 6.45) is 2.10. The molecule has 0 aliphatic rings. The molecule has 0 bridgehead atoms. The SMILES string of the molecule is CCOC(=O)CCNc1cc(C)ccn1. The number of carbonyl (C=O) groups is 1. The van der Waals surface area contributed by atoms with E-state index >= 15 is 0 Å². The Bertz CT molecular complexity index is 326. The van der Waals surface area contributed by atoms with Gasteiger partial charge in [-0.1, -0.05) is 0 Å². The van der Waals surface area contributed by atoms with Gasteiger partial charge in [-0.05, 0) is 31.5 Å². The standard InChI is InChI=1S/C11H16N2O2/c1-3-15-11(14)5-7-13-10-8-9(2)4-6-12-10/h4,6,8H,3,5,7H2,1-2H3,(H,12,13). The van der Waals surface area contributed by atoms with Gasteiger partial charge in [0.2, 0.25) is 0 Å². The first-order chi connectivity index (χ1) is 7.22. The second-order valence-corrected chi connectivity index (χ2v) is 3.20. The molecule has 1 aromatic heterocycles. The van der Waals surface area contributed by atoms with Crippen molar-refractivity contribution in [1.82, 2.24) is 4.98 Å². The molecule has 1 N–H and O–H groups in total. The first-order valence-corrected chi connectivity index (χ1v) is 5.04. The van der Waals surface area contributed by atoms with E-state index in [1.807, 2.05) is 19.1 Å². The zero-order valence-electron chi connectivity index (χ0n) is 9.12. The molecule has 0 aromatic carbocycles. The minimum absolute atomic E-state index is 0.183. The van der Waals surface area contributed by atoms with E-state index in [-0.39, 0.29) is 5.97 Å². The Hall–Kier alpha value is -1.58. The van der Waals surface area contributed by atoms with Gasteiger partial charge in [0, 0.05) is 12.7 Å². The molecule has 0 amide bonds. The fourth-order valence-corrected chi connectivity index (χ4v) is 1.16. The third kappa shape index (κ3) is 4.44. The number of esters is 1. The molecule has 0 spiro atoms. The van der Waals surface area contributed by atoms with E-state index in [0.717, 1.165) is 11.4 Å². The lowest BCUT2D eigenvalue weighted by Crippen LogP contribution is -2.11. The van der Waals surface area contributed by atoms with Gasteiger partial charge in [0.1, 0.15) is 5.82 Å². The first-order valence-electron chi connectivity index (χ1n) is 5.04. The molecular weight excluding hydrogens is 192 g/mol. The quantitative estimate of drug-likeness (QED) is 0.749. The molecule has 0 fully saturated rings. The van der Waals surface area contributed by atoms with Crippen LogP contribution < -0.4 is 5.32 Å². The van der Waals surface area contributed by atoms with Crippen LogP contribution in [-0.4, -0.2) is 24.1 Å². The number of nitrogens with one attached hydrogen (secondary N) is 1. The first kappa shape index (κ1) is 11.5. The van der Waals surface area contributed by atoms with E-state index in [1.165, 1.54) is 0 Å². The minimum atomic E-state index is -0.183. The largest absolute Gasteiger partial charge is 0.466 e. The molecule has 0 aliphatic heterocycles. The van der Waals surface area contributed by atoms with Crippen molar-refractivity contribution in [1.29, 1.82) is 0 Å². The van der Waals surface area contributed by atoms with Crippen molar-refractivity contribution in [3.05, 3.63) is 23.9 Å². The van der Waals surface area contributed by atoms with Crippen LogP contribution in [0.4, 0.5) is 5.82 Å². The Balaban J connectivity index is 2.28. The number of aromatic nitrogens is 1. The number of hydrogen-bond acceptors (Lipinski definition) is 4. The Morgan fingerprint density at radius 1 is 1.60 bits per heavy atom. The van der Waals surface area contributed by atoms with Gasteiger partial charge in [-0.3, -0.25) is 4.79 Å². The summed E-state index contributed by atoms with van der Waals surface area (Å²) >= 11 is 0. The molecule has 0 aliphatic carbocycles. The van der Waals surface area contributed by atoms with Crippen molar-refractivity contribution in [3.8, 4) is 0 Å². The number of pyridine rings is 1. The topological polar surface area (TPSA) is 51.2 Å². The molecule has 15 heavy (non-hydrogen) atoms. The van der Waals surface area contributed by atoms with Gasteiger partial charge in [0.15, 0.2) is 0 Å². The van der Waals surface area contributed by atoms with Crippen LogP contribution >= 0.6 is 0 Å². The highest BCUT2D eigenvalue weighted by Gasteiger charge is 2.00. The molecule has 1 aromatic rings. The average molecular weight is 208 g/mol. The van der Waals surface area contributed by atoms with Crippen LogP contribution in [0.3, 0.4) is 0 Å². The van der Waals surface area contributed by atoms with Crippen LogP contribution in [0, 0.1) is 6.92 Å². The summed E-state index contributed by atoms with van der Waals surface area (Å²) in [4.78, 5) is 15.1. The van der Waals surface area contributed by atoms with Gasteiger partial charge in [-0.25, -0.2) is 4.98 Å². The second-order valence-electron chi connectivity index (χ2n) is 3.20. The molecule has 4 heteroatoms. The lowest BCUT2D eigenvalue weighted by Gasteiger charge is -2.05. The number of aryl methyl sites for hydroxylation is 1. The monoisotopic (exact) mass is 208 g/mol. The van der Waals surface area contributed by atoms with E-state index in [9.17, 15) is 4.79 Å². The second kappa shape index (κ2) is 6.01. The van der Waals surface area contributed by atoms with Crippen LogP contribution in [0.2, 0.25) is 0 Å². The van der Waals surface area contributed by atoms with Crippen LogP contribution in [0.15, 0.2) is 18.3 Å². The Morgan fingerprint density at radius 3 is 3.07 bits per heavy atom. The van der Waals surface area contributed by atoms with E-state index in [0.29, 0.717) is 19.6 Å². The fraction of sp³-hybridized carbons (Fsp3) is 0.455. The lowest BCUT2D eigenvalue weighted by molar-refractivity contribution is -0.142. The average Bonchev–Trinajstić information content (AvgIpc) is 2.18. The summed E-state index contributed by atoms with van der Waals surface area (Å²) < 4.78 is 4.80. The maximum atomic E-state index is 11.0. The molecular formula is C11H16N2O2. The number of hydrogen-bond donors (Lipinski definition) is 1. The maximum absolute atomic E-state index is 11.0. The third-order valence-corrected chi connectivity index (χ3v) is 1.86. The highest BCUT2D eigenvalue weighted by Crippen LogP contribution is 2.04. The zero-order chi connectivity index (χ0) is 11.1. The summed E-state index contributed by atoms with van der Waals surface area (Å²) in [5, 5.41) is 3.06. The molecule has 4 nitrogen and oxygen atoms in total. The Labute approximate surface area is 89.7 Å². The molecule has 0 unspecified atom stereocenters. The zero-order valence-corrected chi connectivity index (χ0v) is 9.12. The highest BCUT2D eigenvalue weighted by molar-refractivity contribution is 5.69. The van der Waals surface area contributed by atoms with Crippen molar-refractivity contribution in [3.63, 3.8) is 0 Å².